The average Bonchev–Trinajstić information content (AvgIpc) is 3.45. The van der Waals surface area contributed by atoms with Crippen LogP contribution in [0.1, 0.15) is 18.4 Å². The minimum absolute atomic E-state index is 0.109. The standard InChI is InChI=1S/C19H21N5O2S/c25-19(22-16-3-1-4-17(9-16)24-13-20-21-14-24)23(10-15-6-8-27-12-15)11-18-5-2-7-26-18/h1,3-4,6,8-9,12-14,18H,2,5,7,10-11H2,(H,22,25)/t18-/m0/s1. The average molecular weight is 383 g/mol. The van der Waals surface area contributed by atoms with Crippen LogP contribution in [-0.2, 0) is 11.3 Å². The maximum atomic E-state index is 13.0. The lowest BCUT2D eigenvalue weighted by molar-refractivity contribution is 0.0819. The Morgan fingerprint density at radius 1 is 1.33 bits per heavy atom. The molecular weight excluding hydrogens is 362 g/mol. The van der Waals surface area contributed by atoms with E-state index < -0.39 is 0 Å². The van der Waals surface area contributed by atoms with Crippen molar-refractivity contribution in [2.75, 3.05) is 18.5 Å². The molecule has 0 radical (unpaired) electrons. The molecule has 1 saturated heterocycles. The van der Waals surface area contributed by atoms with Crippen LogP contribution in [0.2, 0.25) is 0 Å². The van der Waals surface area contributed by atoms with Gasteiger partial charge in [-0.05, 0) is 53.4 Å². The molecule has 0 saturated carbocycles. The normalized spacial score (nSPS) is 16.4. The Balaban J connectivity index is 1.48. The van der Waals surface area contributed by atoms with Crippen molar-refractivity contribution in [2.45, 2.75) is 25.5 Å². The Morgan fingerprint density at radius 3 is 2.96 bits per heavy atom. The van der Waals surface area contributed by atoms with E-state index in [-0.39, 0.29) is 12.1 Å². The molecule has 140 valence electrons. The third-order valence-electron chi connectivity index (χ3n) is 4.50. The first-order valence-corrected chi connectivity index (χ1v) is 9.86. The molecule has 1 aromatic carbocycles. The Labute approximate surface area is 161 Å². The van der Waals surface area contributed by atoms with Gasteiger partial charge < -0.3 is 15.0 Å². The number of hydrogen-bond donors (Lipinski definition) is 1. The molecule has 0 unspecified atom stereocenters. The number of carbonyl (C=O) groups excluding carboxylic acids is 1. The lowest BCUT2D eigenvalue weighted by atomic mass is 10.2. The van der Waals surface area contributed by atoms with E-state index in [2.05, 4.69) is 20.9 Å². The van der Waals surface area contributed by atoms with Crippen LogP contribution in [0.15, 0.2) is 53.7 Å². The van der Waals surface area contributed by atoms with Crippen molar-refractivity contribution in [1.29, 1.82) is 0 Å². The molecule has 1 atom stereocenters. The Hall–Kier alpha value is -2.71. The lowest BCUT2D eigenvalue weighted by Gasteiger charge is -2.25. The maximum Gasteiger partial charge on any atom is 0.322 e. The van der Waals surface area contributed by atoms with Crippen LogP contribution in [-0.4, -0.2) is 45.0 Å². The molecule has 3 aromatic rings. The molecule has 8 heteroatoms. The zero-order valence-corrected chi connectivity index (χ0v) is 15.6. The molecule has 1 aliphatic heterocycles. The lowest BCUT2D eigenvalue weighted by Crippen LogP contribution is -2.39. The van der Waals surface area contributed by atoms with Gasteiger partial charge in [0.25, 0.3) is 0 Å². The van der Waals surface area contributed by atoms with Crippen LogP contribution >= 0.6 is 11.3 Å². The summed E-state index contributed by atoms with van der Waals surface area (Å²) in [6.45, 7) is 1.94. The Bertz CT molecular complexity index is 860. The summed E-state index contributed by atoms with van der Waals surface area (Å²) >= 11 is 1.64. The van der Waals surface area contributed by atoms with Crippen LogP contribution in [0.5, 0.6) is 0 Å². The molecule has 2 amide bonds. The smallest absolute Gasteiger partial charge is 0.322 e. The second kappa shape index (κ2) is 8.32. The highest BCUT2D eigenvalue weighted by molar-refractivity contribution is 7.07. The van der Waals surface area contributed by atoms with Gasteiger partial charge in [0, 0.05) is 25.4 Å². The summed E-state index contributed by atoms with van der Waals surface area (Å²) < 4.78 is 7.53. The second-order valence-corrected chi connectivity index (χ2v) is 7.28. The molecule has 1 fully saturated rings. The van der Waals surface area contributed by atoms with Crippen molar-refractivity contribution in [3.63, 3.8) is 0 Å². The van der Waals surface area contributed by atoms with Crippen molar-refractivity contribution in [3.8, 4) is 5.69 Å². The summed E-state index contributed by atoms with van der Waals surface area (Å²) in [4.78, 5) is 14.8. The molecule has 0 spiro atoms. The first kappa shape index (κ1) is 17.7. The zero-order chi connectivity index (χ0) is 18.5. The highest BCUT2D eigenvalue weighted by atomic mass is 32.1. The third-order valence-corrected chi connectivity index (χ3v) is 5.24. The van der Waals surface area contributed by atoms with Crippen molar-refractivity contribution in [2.24, 2.45) is 0 Å². The number of carbonyl (C=O) groups is 1. The van der Waals surface area contributed by atoms with Gasteiger partial charge in [-0.25, -0.2) is 4.79 Å². The van der Waals surface area contributed by atoms with Crippen molar-refractivity contribution < 1.29 is 9.53 Å². The van der Waals surface area contributed by atoms with Crippen molar-refractivity contribution >= 4 is 23.1 Å². The van der Waals surface area contributed by atoms with Gasteiger partial charge in [0.2, 0.25) is 0 Å². The number of hydrogen-bond acceptors (Lipinski definition) is 5. The second-order valence-electron chi connectivity index (χ2n) is 6.50. The van der Waals surface area contributed by atoms with Crippen LogP contribution in [0.25, 0.3) is 5.69 Å². The first-order chi connectivity index (χ1) is 13.3. The van der Waals surface area contributed by atoms with E-state index in [0.29, 0.717) is 13.1 Å². The number of thiophene rings is 1. The van der Waals surface area contributed by atoms with Gasteiger partial charge in [-0.1, -0.05) is 6.07 Å². The molecule has 0 aliphatic carbocycles. The molecule has 3 heterocycles. The molecule has 1 N–H and O–H groups in total. The fraction of sp³-hybridized carbons (Fsp3) is 0.316. The molecule has 7 nitrogen and oxygen atoms in total. The van der Waals surface area contributed by atoms with Crippen LogP contribution in [0.4, 0.5) is 10.5 Å². The van der Waals surface area contributed by atoms with Gasteiger partial charge in [0.05, 0.1) is 11.8 Å². The molecule has 4 rings (SSSR count). The SMILES string of the molecule is O=C(Nc1cccc(-n2cnnc2)c1)N(Cc1ccsc1)C[C@@H]1CCCO1. The number of rotatable bonds is 6. The highest BCUT2D eigenvalue weighted by Gasteiger charge is 2.23. The van der Waals surface area contributed by atoms with E-state index in [1.165, 1.54) is 0 Å². The number of anilines is 1. The van der Waals surface area contributed by atoms with E-state index in [0.717, 1.165) is 36.4 Å². The molecular formula is C19H21N5O2S. The summed E-state index contributed by atoms with van der Waals surface area (Å²) in [7, 11) is 0. The molecule has 2 aromatic heterocycles. The minimum Gasteiger partial charge on any atom is -0.376 e. The van der Waals surface area contributed by atoms with Gasteiger partial charge in [0.1, 0.15) is 12.7 Å². The van der Waals surface area contributed by atoms with E-state index in [9.17, 15) is 4.79 Å². The van der Waals surface area contributed by atoms with E-state index in [1.54, 1.807) is 28.6 Å². The van der Waals surface area contributed by atoms with E-state index in [1.807, 2.05) is 40.6 Å². The summed E-state index contributed by atoms with van der Waals surface area (Å²) in [5.41, 5.74) is 2.75. The third kappa shape index (κ3) is 4.53. The molecule has 1 aliphatic rings. The summed E-state index contributed by atoms with van der Waals surface area (Å²) in [6.07, 6.45) is 5.41. The van der Waals surface area contributed by atoms with Crippen molar-refractivity contribution in [3.05, 3.63) is 59.3 Å². The number of benzene rings is 1. The largest absolute Gasteiger partial charge is 0.376 e. The zero-order valence-electron chi connectivity index (χ0n) is 14.8. The number of amides is 2. The van der Waals surface area contributed by atoms with Crippen LogP contribution < -0.4 is 5.32 Å². The number of urea groups is 1. The Morgan fingerprint density at radius 2 is 2.22 bits per heavy atom. The fourth-order valence-electron chi connectivity index (χ4n) is 3.14. The van der Waals surface area contributed by atoms with Gasteiger partial charge in [-0.3, -0.25) is 4.57 Å². The predicted octanol–water partition coefficient (Wildman–Crippen LogP) is 3.54. The number of nitrogens with one attached hydrogen (secondary N) is 1. The molecule has 27 heavy (non-hydrogen) atoms. The van der Waals surface area contributed by atoms with Gasteiger partial charge in [-0.2, -0.15) is 11.3 Å². The topological polar surface area (TPSA) is 72.3 Å². The predicted molar refractivity (Wildman–Crippen MR) is 104 cm³/mol. The Kier molecular flexibility index (Phi) is 5.45. The van der Waals surface area contributed by atoms with Crippen LogP contribution in [0, 0.1) is 0 Å². The van der Waals surface area contributed by atoms with Crippen molar-refractivity contribution in [1.82, 2.24) is 19.7 Å². The summed E-state index contributed by atoms with van der Waals surface area (Å²) in [5.74, 6) is 0. The number of aromatic nitrogens is 3. The van der Waals surface area contributed by atoms with Gasteiger partial charge >= 0.3 is 6.03 Å². The summed E-state index contributed by atoms with van der Waals surface area (Å²) in [5, 5.41) is 14.8. The number of ether oxygens (including phenoxy) is 1. The monoisotopic (exact) mass is 383 g/mol. The van der Waals surface area contributed by atoms with Gasteiger partial charge in [0.15, 0.2) is 0 Å². The fourth-order valence-corrected chi connectivity index (χ4v) is 3.80. The minimum atomic E-state index is -0.127. The van der Waals surface area contributed by atoms with E-state index in [4.69, 9.17) is 4.74 Å². The van der Waals surface area contributed by atoms with E-state index >= 15 is 0 Å². The number of nitrogens with zero attached hydrogens (tertiary/aromatic N) is 4. The van der Waals surface area contributed by atoms with Gasteiger partial charge in [-0.15, -0.1) is 10.2 Å². The highest BCUT2D eigenvalue weighted by Crippen LogP contribution is 2.19. The summed E-state index contributed by atoms with van der Waals surface area (Å²) in [6, 6.07) is 9.53. The quantitative estimate of drug-likeness (QED) is 0.707. The maximum absolute atomic E-state index is 13.0. The van der Waals surface area contributed by atoms with Crippen LogP contribution in [0.3, 0.4) is 0 Å². The first-order valence-electron chi connectivity index (χ1n) is 8.91. The molecule has 0 bridgehead atoms.